The number of aromatic amines is 1. The summed E-state index contributed by atoms with van der Waals surface area (Å²) in [5, 5.41) is 3.51. The Kier molecular flexibility index (Phi) is 5.33. The zero-order valence-electron chi connectivity index (χ0n) is 14.8. The van der Waals surface area contributed by atoms with Gasteiger partial charge in [0, 0.05) is 19.6 Å². The molecule has 134 valence electrons. The first-order valence-corrected chi connectivity index (χ1v) is 8.75. The van der Waals surface area contributed by atoms with Gasteiger partial charge in [-0.05, 0) is 45.0 Å². The summed E-state index contributed by atoms with van der Waals surface area (Å²) in [5.74, 6) is 0.481. The first-order valence-electron chi connectivity index (χ1n) is 8.75. The molecular weight excluding hydrogens is 318 g/mol. The summed E-state index contributed by atoms with van der Waals surface area (Å²) >= 11 is 0. The van der Waals surface area contributed by atoms with Gasteiger partial charge in [-0.2, -0.15) is 0 Å². The number of benzene rings is 1. The van der Waals surface area contributed by atoms with Crippen LogP contribution in [0.1, 0.15) is 25.6 Å². The molecule has 1 aromatic heterocycles. The molecule has 2 amide bonds. The standard InChI is InChI=1S/C18H25N5O2/c1-13(23-9-5-6-10-23)11-19-18(25)22(2)12-16-20-15-8-4-3-7-14(15)17(24)21-16/h3-4,7-8,13H,5-6,9-12H2,1-2H3,(H,19,25)(H,20,21,24). The lowest BCUT2D eigenvalue weighted by atomic mass is 10.2. The molecule has 1 fully saturated rings. The minimum absolute atomic E-state index is 0.165. The number of para-hydroxylation sites is 1. The molecule has 0 radical (unpaired) electrons. The lowest BCUT2D eigenvalue weighted by Crippen LogP contribution is -2.44. The van der Waals surface area contributed by atoms with Crippen molar-refractivity contribution in [2.24, 2.45) is 0 Å². The maximum Gasteiger partial charge on any atom is 0.317 e. The Hall–Kier alpha value is -2.41. The molecule has 0 spiro atoms. The summed E-state index contributed by atoms with van der Waals surface area (Å²) in [6.45, 7) is 5.22. The molecular formula is C18H25N5O2. The van der Waals surface area contributed by atoms with Gasteiger partial charge in [-0.15, -0.1) is 0 Å². The number of hydrogen-bond acceptors (Lipinski definition) is 4. The topological polar surface area (TPSA) is 81.3 Å². The molecule has 2 aromatic rings. The fraction of sp³-hybridized carbons (Fsp3) is 0.500. The number of aromatic nitrogens is 2. The number of nitrogens with zero attached hydrogens (tertiary/aromatic N) is 3. The maximum atomic E-state index is 12.3. The van der Waals surface area contributed by atoms with E-state index in [9.17, 15) is 9.59 Å². The smallest absolute Gasteiger partial charge is 0.317 e. The largest absolute Gasteiger partial charge is 0.336 e. The Morgan fingerprint density at radius 3 is 2.84 bits per heavy atom. The van der Waals surface area contributed by atoms with Crippen LogP contribution >= 0.6 is 0 Å². The van der Waals surface area contributed by atoms with Crippen LogP contribution in [0.25, 0.3) is 10.9 Å². The van der Waals surface area contributed by atoms with E-state index < -0.39 is 0 Å². The Morgan fingerprint density at radius 1 is 1.36 bits per heavy atom. The molecule has 0 saturated carbocycles. The summed E-state index contributed by atoms with van der Waals surface area (Å²) < 4.78 is 0. The van der Waals surface area contributed by atoms with E-state index >= 15 is 0 Å². The lowest BCUT2D eigenvalue weighted by Gasteiger charge is -2.25. The van der Waals surface area contributed by atoms with Crippen molar-refractivity contribution in [3.8, 4) is 0 Å². The van der Waals surface area contributed by atoms with E-state index in [1.54, 1.807) is 25.2 Å². The van der Waals surface area contributed by atoms with Gasteiger partial charge in [-0.1, -0.05) is 12.1 Å². The molecule has 25 heavy (non-hydrogen) atoms. The van der Waals surface area contributed by atoms with E-state index in [-0.39, 0.29) is 18.1 Å². The lowest BCUT2D eigenvalue weighted by molar-refractivity contribution is 0.197. The third kappa shape index (κ3) is 4.17. The fourth-order valence-corrected chi connectivity index (χ4v) is 3.19. The number of likely N-dealkylation sites (tertiary alicyclic amines) is 1. The summed E-state index contributed by atoms with van der Waals surface area (Å²) in [7, 11) is 1.70. The first-order chi connectivity index (χ1) is 12.0. The molecule has 1 aromatic carbocycles. The van der Waals surface area contributed by atoms with Crippen LogP contribution in [0.2, 0.25) is 0 Å². The number of H-pyrrole nitrogens is 1. The van der Waals surface area contributed by atoms with E-state index in [0.29, 0.717) is 29.3 Å². The van der Waals surface area contributed by atoms with Crippen LogP contribution in [0.3, 0.4) is 0 Å². The van der Waals surface area contributed by atoms with E-state index in [2.05, 4.69) is 27.1 Å². The fourth-order valence-electron chi connectivity index (χ4n) is 3.19. The quantitative estimate of drug-likeness (QED) is 0.863. The van der Waals surface area contributed by atoms with E-state index in [0.717, 1.165) is 13.1 Å². The van der Waals surface area contributed by atoms with Crippen LogP contribution < -0.4 is 10.9 Å². The molecule has 7 nitrogen and oxygen atoms in total. The number of carbonyl (C=O) groups excluding carboxylic acids is 1. The average molecular weight is 343 g/mol. The third-order valence-electron chi connectivity index (χ3n) is 4.71. The summed E-state index contributed by atoms with van der Waals surface area (Å²) in [6, 6.07) is 7.35. The maximum absolute atomic E-state index is 12.3. The van der Waals surface area contributed by atoms with E-state index in [1.807, 2.05) is 6.07 Å². The van der Waals surface area contributed by atoms with Gasteiger partial charge in [-0.25, -0.2) is 9.78 Å². The molecule has 1 atom stereocenters. The van der Waals surface area contributed by atoms with Crippen LogP contribution in [-0.2, 0) is 6.54 Å². The van der Waals surface area contributed by atoms with Crippen LogP contribution in [0, 0.1) is 0 Å². The Bertz CT molecular complexity index is 797. The van der Waals surface area contributed by atoms with Crippen molar-refractivity contribution < 1.29 is 4.79 Å². The SMILES string of the molecule is CC(CNC(=O)N(C)Cc1nc2ccccc2c(=O)[nH]1)N1CCCC1. The van der Waals surface area contributed by atoms with Crippen LogP contribution in [-0.4, -0.2) is 58.5 Å². The number of fused-ring (bicyclic) bond motifs is 1. The van der Waals surface area contributed by atoms with Gasteiger partial charge in [0.1, 0.15) is 5.82 Å². The highest BCUT2D eigenvalue weighted by atomic mass is 16.2. The Morgan fingerprint density at radius 2 is 2.08 bits per heavy atom. The van der Waals surface area contributed by atoms with E-state index in [1.165, 1.54) is 17.7 Å². The van der Waals surface area contributed by atoms with Crippen LogP contribution in [0.4, 0.5) is 4.79 Å². The Labute approximate surface area is 147 Å². The van der Waals surface area contributed by atoms with Crippen molar-refractivity contribution in [2.75, 3.05) is 26.7 Å². The number of rotatable bonds is 5. The second-order valence-electron chi connectivity index (χ2n) is 6.66. The van der Waals surface area contributed by atoms with Gasteiger partial charge in [0.05, 0.1) is 17.4 Å². The summed E-state index contributed by atoms with van der Waals surface area (Å²) in [5.41, 5.74) is 0.453. The Balaban J connectivity index is 1.58. The molecule has 1 unspecified atom stereocenters. The third-order valence-corrected chi connectivity index (χ3v) is 4.71. The first kappa shape index (κ1) is 17.4. The van der Waals surface area contributed by atoms with Crippen molar-refractivity contribution in [1.29, 1.82) is 0 Å². The highest BCUT2D eigenvalue weighted by Gasteiger charge is 2.19. The number of carbonyl (C=O) groups is 1. The average Bonchev–Trinajstić information content (AvgIpc) is 3.14. The van der Waals surface area contributed by atoms with Gasteiger partial charge in [0.15, 0.2) is 0 Å². The summed E-state index contributed by atoms with van der Waals surface area (Å²) in [4.78, 5) is 35.5. The van der Waals surface area contributed by atoms with Crippen molar-refractivity contribution in [3.05, 3.63) is 40.4 Å². The molecule has 1 saturated heterocycles. The predicted octanol–water partition coefficient (Wildman–Crippen LogP) is 1.55. The number of urea groups is 1. The highest BCUT2D eigenvalue weighted by molar-refractivity contribution is 5.77. The van der Waals surface area contributed by atoms with Crippen molar-refractivity contribution in [3.63, 3.8) is 0 Å². The van der Waals surface area contributed by atoms with Gasteiger partial charge in [0.25, 0.3) is 5.56 Å². The molecule has 2 heterocycles. The highest BCUT2D eigenvalue weighted by Crippen LogP contribution is 2.11. The number of hydrogen-bond donors (Lipinski definition) is 2. The molecule has 2 N–H and O–H groups in total. The van der Waals surface area contributed by atoms with Crippen molar-refractivity contribution in [2.45, 2.75) is 32.4 Å². The molecule has 1 aliphatic heterocycles. The number of amides is 2. The second kappa shape index (κ2) is 7.65. The van der Waals surface area contributed by atoms with Crippen molar-refractivity contribution >= 4 is 16.9 Å². The van der Waals surface area contributed by atoms with E-state index in [4.69, 9.17) is 0 Å². The molecule has 0 aliphatic carbocycles. The monoisotopic (exact) mass is 343 g/mol. The molecule has 7 heteroatoms. The minimum Gasteiger partial charge on any atom is -0.336 e. The molecule has 3 rings (SSSR count). The van der Waals surface area contributed by atoms with Crippen LogP contribution in [0.5, 0.6) is 0 Å². The molecule has 1 aliphatic rings. The van der Waals surface area contributed by atoms with Gasteiger partial charge in [-0.3, -0.25) is 9.69 Å². The van der Waals surface area contributed by atoms with Gasteiger partial charge >= 0.3 is 6.03 Å². The van der Waals surface area contributed by atoms with Gasteiger partial charge in [0.2, 0.25) is 0 Å². The van der Waals surface area contributed by atoms with Crippen molar-refractivity contribution in [1.82, 2.24) is 25.1 Å². The summed E-state index contributed by atoms with van der Waals surface area (Å²) in [6.07, 6.45) is 2.47. The molecule has 0 bridgehead atoms. The number of nitrogens with one attached hydrogen (secondary N) is 2. The zero-order chi connectivity index (χ0) is 17.8. The van der Waals surface area contributed by atoms with Gasteiger partial charge < -0.3 is 15.2 Å². The van der Waals surface area contributed by atoms with Crippen LogP contribution in [0.15, 0.2) is 29.1 Å². The zero-order valence-corrected chi connectivity index (χ0v) is 14.8. The second-order valence-corrected chi connectivity index (χ2v) is 6.66. The minimum atomic E-state index is -0.183. The predicted molar refractivity (Wildman–Crippen MR) is 97.5 cm³/mol. The normalized spacial score (nSPS) is 16.1.